The average Bonchev–Trinajstić information content (AvgIpc) is 2.60. The fraction of sp³-hybridized carbons (Fsp3) is 0. The summed E-state index contributed by atoms with van der Waals surface area (Å²) in [6, 6.07) is 28.5. The molecular weight excluding hydrogens is 344 g/mol. The van der Waals surface area contributed by atoms with E-state index in [1.54, 1.807) is 0 Å². The Bertz CT molecular complexity index is 1220. The van der Waals surface area contributed by atoms with E-state index in [1.807, 2.05) is 0 Å². The molecular formula is C22H13Br. The van der Waals surface area contributed by atoms with E-state index in [0.717, 1.165) is 4.47 Å². The second kappa shape index (κ2) is 4.81. The Morgan fingerprint density at radius 1 is 0.435 bits per heavy atom. The molecule has 0 atom stereocenters. The quantitative estimate of drug-likeness (QED) is 0.206. The van der Waals surface area contributed by atoms with E-state index in [1.165, 1.54) is 43.1 Å². The highest BCUT2D eigenvalue weighted by Gasteiger charge is 2.08. The van der Waals surface area contributed by atoms with Crippen molar-refractivity contribution in [3.8, 4) is 0 Å². The fourth-order valence-corrected chi connectivity index (χ4v) is 4.13. The Hall–Kier alpha value is -2.38. The molecule has 0 fully saturated rings. The van der Waals surface area contributed by atoms with Gasteiger partial charge in [0.15, 0.2) is 0 Å². The SMILES string of the molecule is Brc1cc2ccccc2c2cc3c(ccc4ccccc43)cc12. The molecule has 0 aliphatic carbocycles. The number of benzene rings is 5. The molecule has 5 aromatic carbocycles. The van der Waals surface area contributed by atoms with Crippen LogP contribution in [0, 0.1) is 0 Å². The number of hydrogen-bond donors (Lipinski definition) is 0. The van der Waals surface area contributed by atoms with Gasteiger partial charge in [0.25, 0.3) is 0 Å². The van der Waals surface area contributed by atoms with Gasteiger partial charge in [0, 0.05) is 4.47 Å². The third-order valence-corrected chi connectivity index (χ3v) is 5.33. The van der Waals surface area contributed by atoms with E-state index in [2.05, 4.69) is 94.8 Å². The van der Waals surface area contributed by atoms with Gasteiger partial charge in [0.05, 0.1) is 0 Å². The van der Waals surface area contributed by atoms with E-state index in [-0.39, 0.29) is 0 Å². The Kier molecular flexibility index (Phi) is 2.74. The fourth-order valence-electron chi connectivity index (χ4n) is 3.56. The van der Waals surface area contributed by atoms with Crippen molar-refractivity contribution in [3.63, 3.8) is 0 Å². The first-order valence-electron chi connectivity index (χ1n) is 7.74. The molecule has 5 rings (SSSR count). The lowest BCUT2D eigenvalue weighted by Crippen LogP contribution is -1.83. The monoisotopic (exact) mass is 356 g/mol. The van der Waals surface area contributed by atoms with E-state index < -0.39 is 0 Å². The average molecular weight is 357 g/mol. The summed E-state index contributed by atoms with van der Waals surface area (Å²) >= 11 is 3.75. The van der Waals surface area contributed by atoms with Gasteiger partial charge >= 0.3 is 0 Å². The standard InChI is InChI=1S/C22H13Br/c23-22-12-15-6-2-4-8-18(15)20-13-19-16(11-21(20)22)10-9-14-5-1-3-7-17(14)19/h1-13H. The molecule has 0 saturated heterocycles. The van der Waals surface area contributed by atoms with Gasteiger partial charge < -0.3 is 0 Å². The second-order valence-electron chi connectivity index (χ2n) is 5.99. The Labute approximate surface area is 142 Å². The highest BCUT2D eigenvalue weighted by atomic mass is 79.9. The molecule has 0 N–H and O–H groups in total. The van der Waals surface area contributed by atoms with Crippen molar-refractivity contribution in [1.82, 2.24) is 0 Å². The van der Waals surface area contributed by atoms with E-state index in [9.17, 15) is 0 Å². The number of rotatable bonds is 0. The van der Waals surface area contributed by atoms with Gasteiger partial charge in [-0.2, -0.15) is 0 Å². The zero-order valence-electron chi connectivity index (χ0n) is 12.4. The maximum absolute atomic E-state index is 3.75. The maximum Gasteiger partial charge on any atom is 0.0260 e. The van der Waals surface area contributed by atoms with Gasteiger partial charge in [-0.25, -0.2) is 0 Å². The summed E-state index contributed by atoms with van der Waals surface area (Å²) < 4.78 is 1.15. The van der Waals surface area contributed by atoms with Crippen molar-refractivity contribution in [2.45, 2.75) is 0 Å². The zero-order valence-corrected chi connectivity index (χ0v) is 14.0. The van der Waals surface area contributed by atoms with Crippen LogP contribution in [-0.4, -0.2) is 0 Å². The lowest BCUT2D eigenvalue weighted by atomic mass is 9.95. The predicted octanol–water partition coefficient (Wildman–Crippen LogP) is 7.06. The van der Waals surface area contributed by atoms with Crippen LogP contribution in [0.25, 0.3) is 43.1 Å². The van der Waals surface area contributed by atoms with Crippen molar-refractivity contribution in [2.24, 2.45) is 0 Å². The minimum atomic E-state index is 1.15. The lowest BCUT2D eigenvalue weighted by molar-refractivity contribution is 1.75. The molecule has 0 bridgehead atoms. The normalized spacial score (nSPS) is 11.7. The molecule has 0 spiro atoms. The molecule has 0 aromatic heterocycles. The van der Waals surface area contributed by atoms with E-state index >= 15 is 0 Å². The number of halogens is 1. The van der Waals surface area contributed by atoms with Crippen LogP contribution in [0.3, 0.4) is 0 Å². The summed E-state index contributed by atoms with van der Waals surface area (Å²) in [5.74, 6) is 0. The Balaban J connectivity index is 2.07. The molecule has 0 heterocycles. The molecule has 0 aliphatic rings. The van der Waals surface area contributed by atoms with E-state index in [0.29, 0.717) is 0 Å². The third-order valence-electron chi connectivity index (χ3n) is 4.67. The highest BCUT2D eigenvalue weighted by molar-refractivity contribution is 9.10. The number of fused-ring (bicyclic) bond motifs is 6. The van der Waals surface area contributed by atoms with Gasteiger partial charge in [-0.05, 0) is 61.3 Å². The summed E-state index contributed by atoms with van der Waals surface area (Å²) in [6.45, 7) is 0. The molecule has 1 heteroatoms. The molecule has 108 valence electrons. The van der Waals surface area contributed by atoms with Crippen LogP contribution in [-0.2, 0) is 0 Å². The van der Waals surface area contributed by atoms with Crippen molar-refractivity contribution in [1.29, 1.82) is 0 Å². The predicted molar refractivity (Wildman–Crippen MR) is 104 cm³/mol. The van der Waals surface area contributed by atoms with Crippen LogP contribution >= 0.6 is 15.9 Å². The van der Waals surface area contributed by atoms with Gasteiger partial charge in [0.2, 0.25) is 0 Å². The van der Waals surface area contributed by atoms with Crippen LogP contribution in [0.4, 0.5) is 0 Å². The van der Waals surface area contributed by atoms with Crippen molar-refractivity contribution < 1.29 is 0 Å². The van der Waals surface area contributed by atoms with Crippen LogP contribution in [0.1, 0.15) is 0 Å². The smallest absolute Gasteiger partial charge is 0.0260 e. The minimum absolute atomic E-state index is 1.15. The van der Waals surface area contributed by atoms with Gasteiger partial charge in [-0.15, -0.1) is 0 Å². The van der Waals surface area contributed by atoms with Crippen molar-refractivity contribution in [2.75, 3.05) is 0 Å². The lowest BCUT2D eigenvalue weighted by Gasteiger charge is -2.10. The molecule has 0 nitrogen and oxygen atoms in total. The molecule has 0 aliphatic heterocycles. The van der Waals surface area contributed by atoms with Crippen LogP contribution < -0.4 is 0 Å². The molecule has 0 unspecified atom stereocenters. The topological polar surface area (TPSA) is 0 Å². The van der Waals surface area contributed by atoms with Crippen LogP contribution in [0.2, 0.25) is 0 Å². The summed E-state index contributed by atoms with van der Waals surface area (Å²) in [5.41, 5.74) is 0. The maximum atomic E-state index is 3.75. The molecule has 23 heavy (non-hydrogen) atoms. The first-order chi connectivity index (χ1) is 11.3. The van der Waals surface area contributed by atoms with Gasteiger partial charge in [-0.3, -0.25) is 0 Å². The van der Waals surface area contributed by atoms with E-state index in [4.69, 9.17) is 0 Å². The molecule has 5 aromatic rings. The van der Waals surface area contributed by atoms with Crippen molar-refractivity contribution >= 4 is 59.0 Å². The Morgan fingerprint density at radius 2 is 1.04 bits per heavy atom. The zero-order chi connectivity index (χ0) is 15.4. The first kappa shape index (κ1) is 13.1. The summed E-state index contributed by atoms with van der Waals surface area (Å²) in [7, 11) is 0. The third kappa shape index (κ3) is 1.90. The van der Waals surface area contributed by atoms with Crippen LogP contribution in [0.5, 0.6) is 0 Å². The molecule has 0 amide bonds. The number of hydrogen-bond acceptors (Lipinski definition) is 0. The van der Waals surface area contributed by atoms with Gasteiger partial charge in [-0.1, -0.05) is 76.6 Å². The summed E-state index contributed by atoms with van der Waals surface area (Å²) in [6.07, 6.45) is 0. The first-order valence-corrected chi connectivity index (χ1v) is 8.53. The Morgan fingerprint density at radius 3 is 1.87 bits per heavy atom. The second-order valence-corrected chi connectivity index (χ2v) is 6.84. The highest BCUT2D eigenvalue weighted by Crippen LogP contribution is 2.36. The summed E-state index contributed by atoms with van der Waals surface area (Å²) in [4.78, 5) is 0. The summed E-state index contributed by atoms with van der Waals surface area (Å²) in [5, 5.41) is 10.4. The minimum Gasteiger partial charge on any atom is -0.0616 e. The van der Waals surface area contributed by atoms with Gasteiger partial charge in [0.1, 0.15) is 0 Å². The van der Waals surface area contributed by atoms with Crippen molar-refractivity contribution in [3.05, 3.63) is 83.3 Å². The molecule has 0 radical (unpaired) electrons. The van der Waals surface area contributed by atoms with Crippen LogP contribution in [0.15, 0.2) is 83.3 Å². The molecule has 0 saturated carbocycles. The largest absolute Gasteiger partial charge is 0.0616 e.